The standard InChI is InChI=1S/C14H19N3O/c1-18-13-6-3-11(4-7-13)2-5-12(15)10-14-16-8-9-17-14/h3-4,6-9,12H,2,5,10,15H2,1H3,(H,16,17). The number of methoxy groups -OCH3 is 1. The van der Waals surface area contributed by atoms with Crippen molar-refractivity contribution in [2.45, 2.75) is 25.3 Å². The van der Waals surface area contributed by atoms with Crippen LogP contribution in [0.15, 0.2) is 36.7 Å². The van der Waals surface area contributed by atoms with Gasteiger partial charge in [0.25, 0.3) is 0 Å². The van der Waals surface area contributed by atoms with Gasteiger partial charge in [0.15, 0.2) is 0 Å². The van der Waals surface area contributed by atoms with Crippen molar-refractivity contribution in [1.29, 1.82) is 0 Å². The second-order valence-corrected chi connectivity index (χ2v) is 4.39. The molecule has 4 heteroatoms. The lowest BCUT2D eigenvalue weighted by molar-refractivity contribution is 0.414. The minimum atomic E-state index is 0.137. The predicted molar refractivity (Wildman–Crippen MR) is 71.6 cm³/mol. The summed E-state index contributed by atoms with van der Waals surface area (Å²) in [6.45, 7) is 0. The number of nitrogens with two attached hydrogens (primary N) is 1. The summed E-state index contributed by atoms with van der Waals surface area (Å²) >= 11 is 0. The molecule has 0 aliphatic carbocycles. The first-order valence-corrected chi connectivity index (χ1v) is 6.14. The lowest BCUT2D eigenvalue weighted by atomic mass is 10.0. The molecule has 3 N–H and O–H groups in total. The van der Waals surface area contributed by atoms with E-state index in [0.29, 0.717) is 0 Å². The quantitative estimate of drug-likeness (QED) is 0.817. The van der Waals surface area contributed by atoms with Gasteiger partial charge in [0.2, 0.25) is 0 Å². The summed E-state index contributed by atoms with van der Waals surface area (Å²) in [5.41, 5.74) is 7.37. The van der Waals surface area contributed by atoms with Gasteiger partial charge in [-0.05, 0) is 30.5 Å². The van der Waals surface area contributed by atoms with Crippen LogP contribution in [-0.4, -0.2) is 23.1 Å². The van der Waals surface area contributed by atoms with Crippen LogP contribution in [0.2, 0.25) is 0 Å². The molecule has 4 nitrogen and oxygen atoms in total. The van der Waals surface area contributed by atoms with E-state index in [1.165, 1.54) is 5.56 Å². The van der Waals surface area contributed by atoms with Crippen molar-refractivity contribution in [3.8, 4) is 5.75 Å². The minimum Gasteiger partial charge on any atom is -0.497 e. The summed E-state index contributed by atoms with van der Waals surface area (Å²) in [6, 6.07) is 8.26. The van der Waals surface area contributed by atoms with Gasteiger partial charge in [-0.3, -0.25) is 0 Å². The molecule has 2 rings (SSSR count). The molecular formula is C14H19N3O. The third-order valence-electron chi connectivity index (χ3n) is 2.97. The SMILES string of the molecule is COc1ccc(CCC(N)Cc2ncc[nH]2)cc1. The average molecular weight is 245 g/mol. The number of aromatic amines is 1. The fraction of sp³-hybridized carbons (Fsp3) is 0.357. The molecule has 0 amide bonds. The smallest absolute Gasteiger partial charge is 0.118 e. The van der Waals surface area contributed by atoms with E-state index in [-0.39, 0.29) is 6.04 Å². The molecular weight excluding hydrogens is 226 g/mol. The van der Waals surface area contributed by atoms with Gasteiger partial charge < -0.3 is 15.5 Å². The molecule has 1 atom stereocenters. The highest BCUT2D eigenvalue weighted by Gasteiger charge is 2.06. The molecule has 0 saturated heterocycles. The zero-order chi connectivity index (χ0) is 12.8. The maximum absolute atomic E-state index is 6.08. The number of aromatic nitrogens is 2. The van der Waals surface area contributed by atoms with Crippen LogP contribution in [-0.2, 0) is 12.8 Å². The number of imidazole rings is 1. The molecule has 0 fully saturated rings. The van der Waals surface area contributed by atoms with Crippen molar-refractivity contribution in [1.82, 2.24) is 9.97 Å². The van der Waals surface area contributed by atoms with Crippen molar-refractivity contribution >= 4 is 0 Å². The topological polar surface area (TPSA) is 63.9 Å². The summed E-state index contributed by atoms with van der Waals surface area (Å²) in [5.74, 6) is 1.84. The molecule has 0 aliphatic rings. The van der Waals surface area contributed by atoms with Crippen LogP contribution in [0.5, 0.6) is 5.75 Å². The van der Waals surface area contributed by atoms with Crippen LogP contribution < -0.4 is 10.5 Å². The fourth-order valence-corrected chi connectivity index (χ4v) is 1.90. The summed E-state index contributed by atoms with van der Waals surface area (Å²) in [4.78, 5) is 7.26. The largest absolute Gasteiger partial charge is 0.497 e. The van der Waals surface area contributed by atoms with E-state index in [1.54, 1.807) is 13.3 Å². The maximum Gasteiger partial charge on any atom is 0.118 e. The zero-order valence-electron chi connectivity index (χ0n) is 10.6. The van der Waals surface area contributed by atoms with Gasteiger partial charge in [0.05, 0.1) is 7.11 Å². The Morgan fingerprint density at radius 1 is 1.33 bits per heavy atom. The number of ether oxygens (including phenoxy) is 1. The molecule has 0 spiro atoms. The Kier molecular flexibility index (Phi) is 4.36. The normalized spacial score (nSPS) is 12.3. The molecule has 18 heavy (non-hydrogen) atoms. The number of hydrogen-bond donors (Lipinski definition) is 2. The molecule has 0 aliphatic heterocycles. The Balaban J connectivity index is 1.79. The van der Waals surface area contributed by atoms with E-state index in [4.69, 9.17) is 10.5 Å². The van der Waals surface area contributed by atoms with Crippen LogP contribution in [0.4, 0.5) is 0 Å². The van der Waals surface area contributed by atoms with Crippen LogP contribution in [0.1, 0.15) is 17.8 Å². The van der Waals surface area contributed by atoms with Gasteiger partial charge in [-0.1, -0.05) is 12.1 Å². The summed E-state index contributed by atoms with van der Waals surface area (Å²) in [7, 11) is 1.67. The zero-order valence-corrected chi connectivity index (χ0v) is 10.6. The Hall–Kier alpha value is -1.81. The number of hydrogen-bond acceptors (Lipinski definition) is 3. The number of aryl methyl sites for hydroxylation is 1. The summed E-state index contributed by atoms with van der Waals surface area (Å²) in [5, 5.41) is 0. The van der Waals surface area contributed by atoms with E-state index in [2.05, 4.69) is 22.1 Å². The van der Waals surface area contributed by atoms with Gasteiger partial charge in [-0.15, -0.1) is 0 Å². The molecule has 1 aromatic heterocycles. The van der Waals surface area contributed by atoms with E-state index in [0.717, 1.165) is 30.8 Å². The fourth-order valence-electron chi connectivity index (χ4n) is 1.90. The van der Waals surface area contributed by atoms with Gasteiger partial charge in [-0.2, -0.15) is 0 Å². The third-order valence-corrected chi connectivity index (χ3v) is 2.97. The first-order chi connectivity index (χ1) is 8.78. The molecule has 0 bridgehead atoms. The Labute approximate surface area is 107 Å². The highest BCUT2D eigenvalue weighted by atomic mass is 16.5. The number of H-pyrrole nitrogens is 1. The van der Waals surface area contributed by atoms with Crippen molar-refractivity contribution in [2.24, 2.45) is 5.73 Å². The Bertz CT molecular complexity index is 450. The van der Waals surface area contributed by atoms with Crippen molar-refractivity contribution in [3.63, 3.8) is 0 Å². The van der Waals surface area contributed by atoms with E-state index in [9.17, 15) is 0 Å². The van der Waals surface area contributed by atoms with Gasteiger partial charge in [0, 0.05) is 24.9 Å². The second-order valence-electron chi connectivity index (χ2n) is 4.39. The molecule has 1 heterocycles. The number of nitrogens with zero attached hydrogens (tertiary/aromatic N) is 1. The van der Waals surface area contributed by atoms with Gasteiger partial charge in [-0.25, -0.2) is 4.98 Å². The molecule has 1 aromatic carbocycles. The average Bonchev–Trinajstić information content (AvgIpc) is 2.90. The lowest BCUT2D eigenvalue weighted by Crippen LogP contribution is -2.24. The van der Waals surface area contributed by atoms with Crippen LogP contribution in [0, 0.1) is 0 Å². The van der Waals surface area contributed by atoms with E-state index >= 15 is 0 Å². The monoisotopic (exact) mass is 245 g/mol. The van der Waals surface area contributed by atoms with Gasteiger partial charge in [0.1, 0.15) is 11.6 Å². The predicted octanol–water partition coefficient (Wildman–Crippen LogP) is 1.92. The molecule has 1 unspecified atom stereocenters. The number of benzene rings is 1. The number of rotatable bonds is 6. The van der Waals surface area contributed by atoms with E-state index < -0.39 is 0 Å². The first-order valence-electron chi connectivity index (χ1n) is 6.14. The van der Waals surface area contributed by atoms with Gasteiger partial charge >= 0.3 is 0 Å². The van der Waals surface area contributed by atoms with Crippen molar-refractivity contribution in [2.75, 3.05) is 7.11 Å². The summed E-state index contributed by atoms with van der Waals surface area (Å²) in [6.07, 6.45) is 6.30. The lowest BCUT2D eigenvalue weighted by Gasteiger charge is -2.10. The van der Waals surface area contributed by atoms with Crippen molar-refractivity contribution in [3.05, 3.63) is 48.0 Å². The first kappa shape index (κ1) is 12.6. The molecule has 0 saturated carbocycles. The Morgan fingerprint density at radius 3 is 2.72 bits per heavy atom. The maximum atomic E-state index is 6.08. The van der Waals surface area contributed by atoms with Crippen LogP contribution in [0.25, 0.3) is 0 Å². The Morgan fingerprint density at radius 2 is 2.11 bits per heavy atom. The van der Waals surface area contributed by atoms with Crippen LogP contribution in [0.3, 0.4) is 0 Å². The third kappa shape index (κ3) is 3.60. The molecule has 0 radical (unpaired) electrons. The molecule has 2 aromatic rings. The highest BCUT2D eigenvalue weighted by molar-refractivity contribution is 5.27. The van der Waals surface area contributed by atoms with Crippen LogP contribution >= 0.6 is 0 Å². The number of nitrogens with one attached hydrogen (secondary N) is 1. The second kappa shape index (κ2) is 6.21. The minimum absolute atomic E-state index is 0.137. The highest BCUT2D eigenvalue weighted by Crippen LogP contribution is 2.13. The summed E-state index contributed by atoms with van der Waals surface area (Å²) < 4.78 is 5.13. The molecule has 96 valence electrons. The van der Waals surface area contributed by atoms with E-state index in [1.807, 2.05) is 18.3 Å². The van der Waals surface area contributed by atoms with Crippen molar-refractivity contribution < 1.29 is 4.74 Å².